The smallest absolute Gasteiger partial charge is 0.253 e. The van der Waals surface area contributed by atoms with Crippen LogP contribution in [0, 0.1) is 6.92 Å². The zero-order valence-corrected chi connectivity index (χ0v) is 10.0. The van der Waals surface area contributed by atoms with Crippen LogP contribution in [0.3, 0.4) is 0 Å². The van der Waals surface area contributed by atoms with Gasteiger partial charge in [0.1, 0.15) is 0 Å². The first kappa shape index (κ1) is 11.6. The van der Waals surface area contributed by atoms with Crippen molar-refractivity contribution in [2.45, 2.75) is 32.2 Å². The van der Waals surface area contributed by atoms with E-state index in [-0.39, 0.29) is 17.0 Å². The molecule has 1 aliphatic rings. The second-order valence-electron chi connectivity index (χ2n) is 4.76. The molecule has 4 heteroatoms. The number of hydrogen-bond acceptors (Lipinski definition) is 2. The molecule has 1 aromatic rings. The Bertz CT molecular complexity index is 520. The number of hydrogen-bond donors (Lipinski definition) is 2. The van der Waals surface area contributed by atoms with Gasteiger partial charge in [0.05, 0.1) is 5.56 Å². The molecule has 1 aliphatic carbocycles. The number of carbonyl (C=O) groups excluding carboxylic acids is 1. The summed E-state index contributed by atoms with van der Waals surface area (Å²) in [5.41, 5.74) is 0.745. The molecule has 0 aromatic carbocycles. The van der Waals surface area contributed by atoms with Gasteiger partial charge in [-0.1, -0.05) is 12.2 Å². The average Bonchev–Trinajstić information content (AvgIpc) is 2.64. The lowest BCUT2D eigenvalue weighted by Gasteiger charge is -2.25. The highest BCUT2D eigenvalue weighted by atomic mass is 16.2. The lowest BCUT2D eigenvalue weighted by Crippen LogP contribution is -2.44. The SMILES string of the molecule is Cc1[nH]c(=O)ccc1C(=O)NC1(C)CC=CC1. The molecular weight excluding hydrogens is 216 g/mol. The van der Waals surface area contributed by atoms with Gasteiger partial charge in [-0.15, -0.1) is 0 Å². The zero-order chi connectivity index (χ0) is 12.5. The Morgan fingerprint density at radius 3 is 2.59 bits per heavy atom. The Labute approximate surface area is 99.7 Å². The van der Waals surface area contributed by atoms with Crippen molar-refractivity contribution in [2.24, 2.45) is 0 Å². The Morgan fingerprint density at radius 1 is 1.35 bits per heavy atom. The lowest BCUT2D eigenvalue weighted by atomic mass is 9.99. The zero-order valence-electron chi connectivity index (χ0n) is 10.0. The van der Waals surface area contributed by atoms with E-state index in [1.54, 1.807) is 13.0 Å². The van der Waals surface area contributed by atoms with Gasteiger partial charge in [-0.05, 0) is 32.8 Å². The molecule has 0 radical (unpaired) electrons. The molecule has 17 heavy (non-hydrogen) atoms. The maximum atomic E-state index is 12.1. The summed E-state index contributed by atoms with van der Waals surface area (Å²) in [6, 6.07) is 2.94. The van der Waals surface area contributed by atoms with Gasteiger partial charge in [0, 0.05) is 17.3 Å². The number of rotatable bonds is 2. The summed E-state index contributed by atoms with van der Waals surface area (Å²) >= 11 is 0. The molecule has 0 fully saturated rings. The van der Waals surface area contributed by atoms with Crippen LogP contribution < -0.4 is 10.9 Å². The van der Waals surface area contributed by atoms with Crippen molar-refractivity contribution >= 4 is 5.91 Å². The quantitative estimate of drug-likeness (QED) is 0.759. The van der Waals surface area contributed by atoms with Crippen LogP contribution in [0.1, 0.15) is 35.8 Å². The number of H-pyrrole nitrogens is 1. The van der Waals surface area contributed by atoms with Crippen molar-refractivity contribution in [1.29, 1.82) is 0 Å². The molecule has 0 atom stereocenters. The number of pyridine rings is 1. The minimum absolute atomic E-state index is 0.134. The summed E-state index contributed by atoms with van der Waals surface area (Å²) in [6.45, 7) is 3.75. The van der Waals surface area contributed by atoms with Crippen molar-refractivity contribution < 1.29 is 4.79 Å². The van der Waals surface area contributed by atoms with Crippen LogP contribution in [0.5, 0.6) is 0 Å². The van der Waals surface area contributed by atoms with Gasteiger partial charge in [0.25, 0.3) is 5.91 Å². The van der Waals surface area contributed by atoms with Crippen molar-refractivity contribution in [3.8, 4) is 0 Å². The van der Waals surface area contributed by atoms with Gasteiger partial charge in [-0.25, -0.2) is 0 Å². The Balaban J connectivity index is 2.17. The van der Waals surface area contributed by atoms with Crippen molar-refractivity contribution in [2.75, 3.05) is 0 Å². The molecule has 0 saturated carbocycles. The van der Waals surface area contributed by atoms with E-state index in [1.165, 1.54) is 6.07 Å². The second kappa shape index (κ2) is 4.20. The Kier molecular flexibility index (Phi) is 2.88. The van der Waals surface area contributed by atoms with E-state index in [0.29, 0.717) is 11.3 Å². The minimum Gasteiger partial charge on any atom is -0.346 e. The topological polar surface area (TPSA) is 62.0 Å². The third kappa shape index (κ3) is 2.46. The van der Waals surface area contributed by atoms with E-state index in [0.717, 1.165) is 12.8 Å². The van der Waals surface area contributed by atoms with Crippen molar-refractivity contribution in [1.82, 2.24) is 10.3 Å². The number of aryl methyl sites for hydroxylation is 1. The fraction of sp³-hybridized carbons (Fsp3) is 0.385. The maximum absolute atomic E-state index is 12.1. The summed E-state index contributed by atoms with van der Waals surface area (Å²) in [5.74, 6) is -0.134. The van der Waals surface area contributed by atoms with Crippen molar-refractivity contribution in [3.63, 3.8) is 0 Å². The van der Waals surface area contributed by atoms with E-state index in [4.69, 9.17) is 0 Å². The molecule has 1 amide bonds. The van der Waals surface area contributed by atoms with Gasteiger partial charge in [-0.3, -0.25) is 9.59 Å². The van der Waals surface area contributed by atoms with E-state index in [2.05, 4.69) is 22.5 Å². The maximum Gasteiger partial charge on any atom is 0.253 e. The first-order valence-electron chi connectivity index (χ1n) is 5.68. The number of aromatic amines is 1. The third-order valence-corrected chi connectivity index (χ3v) is 3.08. The molecule has 4 nitrogen and oxygen atoms in total. The second-order valence-corrected chi connectivity index (χ2v) is 4.76. The summed E-state index contributed by atoms with van der Waals surface area (Å²) < 4.78 is 0. The predicted molar refractivity (Wildman–Crippen MR) is 66.0 cm³/mol. The molecule has 1 heterocycles. The predicted octanol–water partition coefficient (Wildman–Crippen LogP) is 1.52. The number of amides is 1. The van der Waals surface area contributed by atoms with Crippen LogP contribution in [0.2, 0.25) is 0 Å². The van der Waals surface area contributed by atoms with E-state index in [9.17, 15) is 9.59 Å². The van der Waals surface area contributed by atoms with Crippen LogP contribution >= 0.6 is 0 Å². The molecule has 0 saturated heterocycles. The summed E-state index contributed by atoms with van der Waals surface area (Å²) in [4.78, 5) is 25.8. The van der Waals surface area contributed by atoms with Gasteiger partial charge in [0.15, 0.2) is 0 Å². The molecule has 90 valence electrons. The fourth-order valence-corrected chi connectivity index (χ4v) is 2.04. The van der Waals surface area contributed by atoms with Crippen LogP contribution in [0.4, 0.5) is 0 Å². The van der Waals surface area contributed by atoms with Crippen LogP contribution in [0.15, 0.2) is 29.1 Å². The number of aromatic nitrogens is 1. The first-order chi connectivity index (χ1) is 8.00. The molecule has 0 aliphatic heterocycles. The monoisotopic (exact) mass is 232 g/mol. The first-order valence-corrected chi connectivity index (χ1v) is 5.68. The average molecular weight is 232 g/mol. The van der Waals surface area contributed by atoms with E-state index >= 15 is 0 Å². The molecule has 2 rings (SSSR count). The number of carbonyl (C=O) groups is 1. The Morgan fingerprint density at radius 2 is 2.00 bits per heavy atom. The Hall–Kier alpha value is -1.84. The van der Waals surface area contributed by atoms with Gasteiger partial charge in [0.2, 0.25) is 5.56 Å². The third-order valence-electron chi connectivity index (χ3n) is 3.08. The standard InChI is InChI=1S/C13H16N2O2/c1-9-10(5-6-11(16)14-9)12(17)15-13(2)7-3-4-8-13/h3-6H,7-8H2,1-2H3,(H,14,16)(H,15,17). The van der Waals surface area contributed by atoms with Crippen molar-refractivity contribution in [3.05, 3.63) is 45.9 Å². The number of nitrogens with one attached hydrogen (secondary N) is 2. The molecule has 0 bridgehead atoms. The van der Waals surface area contributed by atoms with E-state index in [1.807, 2.05) is 6.92 Å². The summed E-state index contributed by atoms with van der Waals surface area (Å²) in [5, 5.41) is 3.01. The molecule has 2 N–H and O–H groups in total. The molecule has 0 unspecified atom stereocenters. The van der Waals surface area contributed by atoms with Gasteiger partial charge >= 0.3 is 0 Å². The largest absolute Gasteiger partial charge is 0.346 e. The summed E-state index contributed by atoms with van der Waals surface area (Å²) in [7, 11) is 0. The van der Waals surface area contributed by atoms with E-state index < -0.39 is 0 Å². The van der Waals surface area contributed by atoms with Gasteiger partial charge < -0.3 is 10.3 Å². The highest BCUT2D eigenvalue weighted by Gasteiger charge is 2.27. The molecule has 1 aromatic heterocycles. The lowest BCUT2D eigenvalue weighted by molar-refractivity contribution is 0.0909. The van der Waals surface area contributed by atoms with Gasteiger partial charge in [-0.2, -0.15) is 0 Å². The highest BCUT2D eigenvalue weighted by molar-refractivity contribution is 5.95. The molecule has 0 spiro atoms. The molecular formula is C13H16N2O2. The normalized spacial score (nSPS) is 17.1. The summed E-state index contributed by atoms with van der Waals surface area (Å²) in [6.07, 6.45) is 5.84. The van der Waals surface area contributed by atoms with Crippen LogP contribution in [0.25, 0.3) is 0 Å². The highest BCUT2D eigenvalue weighted by Crippen LogP contribution is 2.23. The fourth-order valence-electron chi connectivity index (χ4n) is 2.04. The van der Waals surface area contributed by atoms with Crippen LogP contribution in [-0.4, -0.2) is 16.4 Å². The minimum atomic E-state index is -0.195. The van der Waals surface area contributed by atoms with Crippen LogP contribution in [-0.2, 0) is 0 Å².